The van der Waals surface area contributed by atoms with E-state index < -0.39 is 0 Å². The largest absolute Gasteiger partial charge is 0.489 e. The molecule has 0 aliphatic rings. The molecular weight excluding hydrogens is 224 g/mol. The van der Waals surface area contributed by atoms with E-state index >= 15 is 0 Å². The van der Waals surface area contributed by atoms with Gasteiger partial charge < -0.3 is 10.5 Å². The zero-order valence-corrected chi connectivity index (χ0v) is 10.3. The quantitative estimate of drug-likeness (QED) is 0.637. The van der Waals surface area contributed by atoms with E-state index in [-0.39, 0.29) is 5.84 Å². The molecule has 0 saturated heterocycles. The molecule has 0 radical (unpaired) electrons. The van der Waals surface area contributed by atoms with Crippen molar-refractivity contribution in [3.8, 4) is 5.75 Å². The van der Waals surface area contributed by atoms with E-state index in [9.17, 15) is 0 Å². The molecule has 2 rings (SSSR count). The summed E-state index contributed by atoms with van der Waals surface area (Å²) in [4.78, 5) is 0. The molecule has 3 heteroatoms. The third-order valence-electron chi connectivity index (χ3n) is 2.69. The van der Waals surface area contributed by atoms with E-state index in [0.29, 0.717) is 6.61 Å². The predicted molar refractivity (Wildman–Crippen MR) is 73.0 cm³/mol. The van der Waals surface area contributed by atoms with Crippen molar-refractivity contribution in [2.24, 2.45) is 5.73 Å². The van der Waals surface area contributed by atoms with Crippen LogP contribution < -0.4 is 10.5 Å². The maximum Gasteiger partial charge on any atom is 0.123 e. The summed E-state index contributed by atoms with van der Waals surface area (Å²) >= 11 is 0. The van der Waals surface area contributed by atoms with Gasteiger partial charge in [0.05, 0.1) is 0 Å². The Morgan fingerprint density at radius 1 is 1.17 bits per heavy atom. The summed E-state index contributed by atoms with van der Waals surface area (Å²) in [5, 5.41) is 7.52. The molecule has 0 heterocycles. The minimum absolute atomic E-state index is 0.0680. The maximum atomic E-state index is 7.52. The van der Waals surface area contributed by atoms with Gasteiger partial charge in [-0.25, -0.2) is 0 Å². The van der Waals surface area contributed by atoms with Gasteiger partial charge in [0.2, 0.25) is 0 Å². The van der Waals surface area contributed by atoms with Crippen LogP contribution in [-0.4, -0.2) is 5.84 Å². The second-order valence-corrected chi connectivity index (χ2v) is 4.18. The summed E-state index contributed by atoms with van der Waals surface area (Å²) in [6, 6.07) is 15.4. The molecule has 0 aliphatic carbocycles. The maximum absolute atomic E-state index is 7.52. The van der Waals surface area contributed by atoms with Gasteiger partial charge in [-0.15, -0.1) is 0 Å². The molecular formula is C15H16N2O. The molecule has 0 aromatic heterocycles. The standard InChI is InChI=1S/C15H16N2O/c1-11-5-4-7-13(9-11)18-10-12-6-2-3-8-14(12)15(16)17/h2-9H,10H2,1H3,(H3,16,17). The fraction of sp³-hybridized carbons (Fsp3) is 0.133. The fourth-order valence-corrected chi connectivity index (χ4v) is 1.78. The number of benzene rings is 2. The van der Waals surface area contributed by atoms with Gasteiger partial charge in [-0.05, 0) is 24.6 Å². The van der Waals surface area contributed by atoms with Crippen LogP contribution in [0.3, 0.4) is 0 Å². The number of ether oxygens (including phenoxy) is 1. The highest BCUT2D eigenvalue weighted by Crippen LogP contribution is 2.16. The van der Waals surface area contributed by atoms with E-state index in [0.717, 1.165) is 22.4 Å². The zero-order valence-electron chi connectivity index (χ0n) is 10.3. The lowest BCUT2D eigenvalue weighted by molar-refractivity contribution is 0.306. The normalized spacial score (nSPS) is 10.1. The van der Waals surface area contributed by atoms with Crippen molar-refractivity contribution in [1.29, 1.82) is 5.41 Å². The number of aryl methyl sites for hydroxylation is 1. The molecule has 3 nitrogen and oxygen atoms in total. The van der Waals surface area contributed by atoms with Gasteiger partial charge in [-0.1, -0.05) is 36.4 Å². The van der Waals surface area contributed by atoms with Crippen molar-refractivity contribution < 1.29 is 4.74 Å². The third-order valence-corrected chi connectivity index (χ3v) is 2.69. The topological polar surface area (TPSA) is 59.1 Å². The molecule has 0 amide bonds. The number of hydrogen-bond acceptors (Lipinski definition) is 2. The monoisotopic (exact) mass is 240 g/mol. The SMILES string of the molecule is Cc1cccc(OCc2ccccc2C(=N)N)c1. The van der Waals surface area contributed by atoms with Crippen LogP contribution in [0, 0.1) is 12.3 Å². The summed E-state index contributed by atoms with van der Waals surface area (Å²) in [6.45, 7) is 2.44. The van der Waals surface area contributed by atoms with Crippen LogP contribution in [-0.2, 0) is 6.61 Å². The lowest BCUT2D eigenvalue weighted by Gasteiger charge is -2.10. The molecule has 0 spiro atoms. The average Bonchev–Trinajstić information content (AvgIpc) is 2.37. The van der Waals surface area contributed by atoms with Gasteiger partial charge in [-0.2, -0.15) is 0 Å². The summed E-state index contributed by atoms with van der Waals surface area (Å²) in [5.41, 5.74) is 8.34. The summed E-state index contributed by atoms with van der Waals surface area (Å²) in [7, 11) is 0. The minimum Gasteiger partial charge on any atom is -0.489 e. The van der Waals surface area contributed by atoms with Crippen LogP contribution in [0.5, 0.6) is 5.75 Å². The molecule has 0 saturated carbocycles. The van der Waals surface area contributed by atoms with Gasteiger partial charge in [0.25, 0.3) is 0 Å². The van der Waals surface area contributed by atoms with E-state index in [4.69, 9.17) is 15.9 Å². The molecule has 18 heavy (non-hydrogen) atoms. The van der Waals surface area contributed by atoms with Gasteiger partial charge in [-0.3, -0.25) is 5.41 Å². The third kappa shape index (κ3) is 2.88. The predicted octanol–water partition coefficient (Wildman–Crippen LogP) is 2.86. The Kier molecular flexibility index (Phi) is 3.63. The Morgan fingerprint density at radius 3 is 2.67 bits per heavy atom. The molecule has 0 fully saturated rings. The average molecular weight is 240 g/mol. The summed E-state index contributed by atoms with van der Waals surface area (Å²) in [6.07, 6.45) is 0. The lowest BCUT2D eigenvalue weighted by atomic mass is 10.1. The first-order valence-corrected chi connectivity index (χ1v) is 5.78. The van der Waals surface area contributed by atoms with Crippen LogP contribution in [0.15, 0.2) is 48.5 Å². The Labute approximate surface area is 107 Å². The highest BCUT2D eigenvalue weighted by atomic mass is 16.5. The van der Waals surface area contributed by atoms with Crippen molar-refractivity contribution in [3.05, 3.63) is 65.2 Å². The van der Waals surface area contributed by atoms with Gasteiger partial charge in [0.15, 0.2) is 0 Å². The van der Waals surface area contributed by atoms with Crippen LogP contribution in [0.4, 0.5) is 0 Å². The van der Waals surface area contributed by atoms with Gasteiger partial charge in [0.1, 0.15) is 18.2 Å². The first kappa shape index (κ1) is 12.2. The van der Waals surface area contributed by atoms with Gasteiger partial charge in [0, 0.05) is 11.1 Å². The van der Waals surface area contributed by atoms with Crippen molar-refractivity contribution in [2.45, 2.75) is 13.5 Å². The molecule has 0 bridgehead atoms. The van der Waals surface area contributed by atoms with Crippen molar-refractivity contribution in [3.63, 3.8) is 0 Å². The number of nitrogens with one attached hydrogen (secondary N) is 1. The highest BCUT2D eigenvalue weighted by molar-refractivity contribution is 5.96. The van der Waals surface area contributed by atoms with E-state index in [1.165, 1.54) is 0 Å². The first-order chi connectivity index (χ1) is 8.66. The summed E-state index contributed by atoms with van der Waals surface area (Å²) in [5.74, 6) is 0.895. The Morgan fingerprint density at radius 2 is 1.94 bits per heavy atom. The second-order valence-electron chi connectivity index (χ2n) is 4.18. The van der Waals surface area contributed by atoms with E-state index in [2.05, 4.69) is 0 Å². The number of rotatable bonds is 4. The van der Waals surface area contributed by atoms with Crippen molar-refractivity contribution in [2.75, 3.05) is 0 Å². The Hall–Kier alpha value is -2.29. The van der Waals surface area contributed by atoms with Crippen molar-refractivity contribution >= 4 is 5.84 Å². The van der Waals surface area contributed by atoms with Crippen molar-refractivity contribution in [1.82, 2.24) is 0 Å². The Balaban J connectivity index is 2.13. The second kappa shape index (κ2) is 5.36. The highest BCUT2D eigenvalue weighted by Gasteiger charge is 2.05. The van der Waals surface area contributed by atoms with Crippen LogP contribution >= 0.6 is 0 Å². The lowest BCUT2D eigenvalue weighted by Crippen LogP contribution is -2.14. The smallest absolute Gasteiger partial charge is 0.123 e. The molecule has 0 atom stereocenters. The molecule has 2 aromatic carbocycles. The van der Waals surface area contributed by atoms with E-state index in [1.807, 2.05) is 55.5 Å². The number of nitrogens with two attached hydrogens (primary N) is 1. The number of nitrogen functional groups attached to an aromatic ring is 1. The molecule has 3 N–H and O–H groups in total. The molecule has 0 aliphatic heterocycles. The van der Waals surface area contributed by atoms with Crippen LogP contribution in [0.2, 0.25) is 0 Å². The first-order valence-electron chi connectivity index (χ1n) is 5.78. The Bertz CT molecular complexity index is 564. The fourth-order valence-electron chi connectivity index (χ4n) is 1.78. The minimum atomic E-state index is 0.0680. The number of amidine groups is 1. The molecule has 0 unspecified atom stereocenters. The van der Waals surface area contributed by atoms with Crippen LogP contribution in [0.25, 0.3) is 0 Å². The molecule has 2 aromatic rings. The van der Waals surface area contributed by atoms with Crippen LogP contribution in [0.1, 0.15) is 16.7 Å². The zero-order chi connectivity index (χ0) is 13.0. The number of hydrogen-bond donors (Lipinski definition) is 2. The van der Waals surface area contributed by atoms with Gasteiger partial charge >= 0.3 is 0 Å². The molecule has 92 valence electrons. The summed E-state index contributed by atoms with van der Waals surface area (Å²) < 4.78 is 5.71. The van der Waals surface area contributed by atoms with E-state index in [1.54, 1.807) is 0 Å².